The Bertz CT molecular complexity index is 844. The molecule has 2 aliphatic heterocycles. The quantitative estimate of drug-likeness (QED) is 0.858. The zero-order valence-electron chi connectivity index (χ0n) is 15.3. The summed E-state index contributed by atoms with van der Waals surface area (Å²) in [6.45, 7) is 2.29. The van der Waals surface area contributed by atoms with E-state index < -0.39 is 0 Å². The number of aromatic hydroxyl groups is 1. The molecule has 1 amide bonds. The number of carbonyl (C=O) groups is 1. The van der Waals surface area contributed by atoms with E-state index in [1.165, 1.54) is 7.11 Å². The maximum atomic E-state index is 13.1. The Kier molecular flexibility index (Phi) is 5.13. The first-order chi connectivity index (χ1) is 13.2. The van der Waals surface area contributed by atoms with Crippen molar-refractivity contribution in [2.24, 2.45) is 5.10 Å². The number of benzene rings is 1. The first kappa shape index (κ1) is 18.0. The number of methoxy groups -OCH3 is 1. The van der Waals surface area contributed by atoms with Gasteiger partial charge >= 0.3 is 0 Å². The van der Waals surface area contributed by atoms with Gasteiger partial charge in [-0.05, 0) is 48.8 Å². The third kappa shape index (κ3) is 3.57. The molecule has 0 saturated carbocycles. The summed E-state index contributed by atoms with van der Waals surface area (Å²) in [4.78, 5) is 15.2. The summed E-state index contributed by atoms with van der Waals surface area (Å²) >= 11 is 1.61. The van der Waals surface area contributed by atoms with Gasteiger partial charge in [0, 0.05) is 17.5 Å². The summed E-state index contributed by atoms with van der Waals surface area (Å²) in [5, 5.41) is 20.5. The van der Waals surface area contributed by atoms with Crippen molar-refractivity contribution in [2.75, 3.05) is 26.7 Å². The number of carbonyl (C=O) groups excluding carboxylic acids is 1. The topological polar surface area (TPSA) is 65.4 Å². The van der Waals surface area contributed by atoms with Crippen LogP contribution in [0.5, 0.6) is 11.5 Å². The van der Waals surface area contributed by atoms with Crippen LogP contribution >= 0.6 is 11.3 Å². The molecule has 0 aliphatic carbocycles. The van der Waals surface area contributed by atoms with Gasteiger partial charge in [0.2, 0.25) is 0 Å². The molecular formula is C20H23N3O3S. The largest absolute Gasteiger partial charge is 0.504 e. The van der Waals surface area contributed by atoms with E-state index in [0.717, 1.165) is 42.8 Å². The normalized spacial score (nSPS) is 20.1. The lowest BCUT2D eigenvalue weighted by molar-refractivity contribution is -0.134. The minimum absolute atomic E-state index is 0.0162. The Labute approximate surface area is 162 Å². The fourth-order valence-corrected chi connectivity index (χ4v) is 4.48. The van der Waals surface area contributed by atoms with Gasteiger partial charge in [0.15, 0.2) is 11.5 Å². The highest BCUT2D eigenvalue weighted by Crippen LogP contribution is 2.41. The van der Waals surface area contributed by atoms with Gasteiger partial charge in [0.1, 0.15) is 0 Å². The predicted octanol–water partition coefficient (Wildman–Crippen LogP) is 3.24. The monoisotopic (exact) mass is 385 g/mol. The molecule has 6 nitrogen and oxygen atoms in total. The molecule has 2 aromatic rings. The summed E-state index contributed by atoms with van der Waals surface area (Å²) in [7, 11) is 1.53. The van der Waals surface area contributed by atoms with Crippen molar-refractivity contribution in [1.82, 2.24) is 9.91 Å². The maximum absolute atomic E-state index is 13.1. The van der Waals surface area contributed by atoms with Crippen LogP contribution in [0.2, 0.25) is 0 Å². The Hall–Kier alpha value is -2.38. The van der Waals surface area contributed by atoms with Gasteiger partial charge in [-0.1, -0.05) is 12.1 Å². The highest BCUT2D eigenvalue weighted by atomic mass is 32.1. The number of thiophene rings is 1. The molecule has 142 valence electrons. The molecule has 1 N–H and O–H groups in total. The average Bonchev–Trinajstić information content (AvgIpc) is 3.41. The second-order valence-corrected chi connectivity index (χ2v) is 7.68. The molecule has 27 heavy (non-hydrogen) atoms. The maximum Gasteiger partial charge on any atom is 0.257 e. The molecule has 0 bridgehead atoms. The lowest BCUT2D eigenvalue weighted by Crippen LogP contribution is -2.37. The molecule has 3 heterocycles. The number of para-hydroxylation sites is 1. The molecule has 1 aromatic heterocycles. The van der Waals surface area contributed by atoms with Gasteiger partial charge in [0.25, 0.3) is 5.91 Å². The fourth-order valence-electron chi connectivity index (χ4n) is 3.82. The van der Waals surface area contributed by atoms with E-state index in [2.05, 4.69) is 10.0 Å². The van der Waals surface area contributed by atoms with Crippen LogP contribution in [0.3, 0.4) is 0 Å². The molecule has 1 aromatic carbocycles. The van der Waals surface area contributed by atoms with E-state index in [0.29, 0.717) is 18.7 Å². The van der Waals surface area contributed by atoms with Gasteiger partial charge in [-0.25, -0.2) is 5.01 Å². The number of nitrogens with zero attached hydrogens (tertiary/aromatic N) is 3. The van der Waals surface area contributed by atoms with Crippen LogP contribution < -0.4 is 4.74 Å². The van der Waals surface area contributed by atoms with Crippen molar-refractivity contribution in [2.45, 2.75) is 25.3 Å². The molecule has 4 rings (SSSR count). The zero-order valence-corrected chi connectivity index (χ0v) is 16.1. The van der Waals surface area contributed by atoms with E-state index in [-0.39, 0.29) is 17.7 Å². The number of hydrazone groups is 1. The van der Waals surface area contributed by atoms with Crippen molar-refractivity contribution >= 4 is 23.0 Å². The Morgan fingerprint density at radius 1 is 1.33 bits per heavy atom. The Balaban J connectivity index is 1.66. The van der Waals surface area contributed by atoms with Gasteiger partial charge in [-0.2, -0.15) is 16.4 Å². The summed E-state index contributed by atoms with van der Waals surface area (Å²) < 4.78 is 5.43. The zero-order chi connectivity index (χ0) is 18.8. The summed E-state index contributed by atoms with van der Waals surface area (Å²) in [6, 6.07) is 7.00. The summed E-state index contributed by atoms with van der Waals surface area (Å²) in [5.41, 5.74) is 2.71. The molecule has 1 saturated heterocycles. The van der Waals surface area contributed by atoms with Gasteiger partial charge in [-0.3, -0.25) is 9.69 Å². The van der Waals surface area contributed by atoms with Crippen LogP contribution in [0.4, 0.5) is 0 Å². The molecule has 0 spiro atoms. The van der Waals surface area contributed by atoms with Crippen LogP contribution in [0.1, 0.15) is 36.4 Å². The van der Waals surface area contributed by atoms with E-state index in [1.807, 2.05) is 22.9 Å². The van der Waals surface area contributed by atoms with Crippen LogP contribution in [0.15, 0.2) is 40.1 Å². The minimum Gasteiger partial charge on any atom is -0.504 e. The number of hydrogen-bond acceptors (Lipinski definition) is 6. The fraction of sp³-hybridized carbons (Fsp3) is 0.400. The predicted molar refractivity (Wildman–Crippen MR) is 105 cm³/mol. The number of hydrogen-bond donors (Lipinski definition) is 1. The van der Waals surface area contributed by atoms with E-state index in [9.17, 15) is 9.90 Å². The molecule has 2 aliphatic rings. The van der Waals surface area contributed by atoms with Crippen molar-refractivity contribution in [3.8, 4) is 11.5 Å². The molecule has 1 atom stereocenters. The van der Waals surface area contributed by atoms with Crippen molar-refractivity contribution < 1.29 is 14.6 Å². The first-order valence-corrected chi connectivity index (χ1v) is 10.1. The molecule has 0 unspecified atom stereocenters. The van der Waals surface area contributed by atoms with Crippen LogP contribution in [0.25, 0.3) is 0 Å². The number of phenolic OH excluding ortho intramolecular Hbond substituents is 1. The SMILES string of the molecule is COc1c(O)cccc1[C@H]1CC(c2ccsc2)=NN1C(=O)CN1CCCC1. The highest BCUT2D eigenvalue weighted by molar-refractivity contribution is 7.08. The lowest BCUT2D eigenvalue weighted by atomic mass is 9.98. The van der Waals surface area contributed by atoms with Crippen molar-refractivity contribution in [1.29, 1.82) is 0 Å². The van der Waals surface area contributed by atoms with Gasteiger partial charge in [0.05, 0.1) is 25.4 Å². The lowest BCUT2D eigenvalue weighted by Gasteiger charge is -2.25. The van der Waals surface area contributed by atoms with E-state index >= 15 is 0 Å². The van der Waals surface area contributed by atoms with E-state index in [1.54, 1.807) is 28.5 Å². The van der Waals surface area contributed by atoms with Crippen LogP contribution in [-0.4, -0.2) is 53.4 Å². The Morgan fingerprint density at radius 3 is 2.85 bits per heavy atom. The van der Waals surface area contributed by atoms with E-state index in [4.69, 9.17) is 4.74 Å². The Morgan fingerprint density at radius 2 is 2.15 bits per heavy atom. The summed E-state index contributed by atoms with van der Waals surface area (Å²) in [6.07, 6.45) is 2.88. The van der Waals surface area contributed by atoms with Crippen LogP contribution in [-0.2, 0) is 4.79 Å². The first-order valence-electron chi connectivity index (χ1n) is 9.17. The molecule has 7 heteroatoms. The smallest absolute Gasteiger partial charge is 0.257 e. The number of ether oxygens (including phenoxy) is 1. The number of phenols is 1. The van der Waals surface area contributed by atoms with Crippen molar-refractivity contribution in [3.05, 3.63) is 46.2 Å². The standard InChI is InChI=1S/C20H23N3O3S/c1-26-20-15(5-4-6-18(20)24)17-11-16(14-7-10-27-13-14)21-23(17)19(25)12-22-8-2-3-9-22/h4-7,10,13,17,24H,2-3,8-9,11-12H2,1H3/t17-/m1/s1. The summed E-state index contributed by atoms with van der Waals surface area (Å²) in [5.74, 6) is 0.465. The van der Waals surface area contributed by atoms with Crippen LogP contribution in [0, 0.1) is 0 Å². The average molecular weight is 385 g/mol. The third-order valence-electron chi connectivity index (χ3n) is 5.17. The number of amides is 1. The number of rotatable bonds is 5. The number of likely N-dealkylation sites (tertiary alicyclic amines) is 1. The van der Waals surface area contributed by atoms with Gasteiger partial charge < -0.3 is 9.84 Å². The molecule has 0 radical (unpaired) electrons. The highest BCUT2D eigenvalue weighted by Gasteiger charge is 2.36. The second kappa shape index (κ2) is 7.70. The molecule has 1 fully saturated rings. The van der Waals surface area contributed by atoms with Crippen molar-refractivity contribution in [3.63, 3.8) is 0 Å². The van der Waals surface area contributed by atoms with Gasteiger partial charge in [-0.15, -0.1) is 0 Å². The second-order valence-electron chi connectivity index (χ2n) is 6.90. The third-order valence-corrected chi connectivity index (χ3v) is 5.85. The minimum atomic E-state index is -0.281. The molecular weight excluding hydrogens is 362 g/mol.